The molecule has 7 nitrogen and oxygen atoms in total. The lowest BCUT2D eigenvalue weighted by Crippen LogP contribution is -2.43. The molecule has 1 unspecified atom stereocenters. The maximum absolute atomic E-state index is 5.85. The van der Waals surface area contributed by atoms with Gasteiger partial charge in [0.1, 0.15) is 11.6 Å². The molecule has 2 aromatic carbocycles. The van der Waals surface area contributed by atoms with E-state index < -0.39 is 0 Å². The van der Waals surface area contributed by atoms with Gasteiger partial charge in [-0.2, -0.15) is 0 Å². The number of rotatable bonds is 5. The molecule has 0 saturated carbocycles. The van der Waals surface area contributed by atoms with Crippen LogP contribution in [0.4, 0.5) is 22.9 Å². The average Bonchev–Trinajstić information content (AvgIpc) is 3.39. The maximum atomic E-state index is 5.85. The maximum Gasteiger partial charge on any atom is 0.202 e. The van der Waals surface area contributed by atoms with Crippen LogP contribution in [-0.2, 0) is 0 Å². The van der Waals surface area contributed by atoms with E-state index >= 15 is 0 Å². The summed E-state index contributed by atoms with van der Waals surface area (Å²) in [6.07, 6.45) is 3.75. The van der Waals surface area contributed by atoms with Crippen LogP contribution in [0, 0.1) is 13.8 Å². The highest BCUT2D eigenvalue weighted by Crippen LogP contribution is 2.39. The summed E-state index contributed by atoms with van der Waals surface area (Å²) in [5.41, 5.74) is 7.89. The van der Waals surface area contributed by atoms with Crippen LogP contribution in [0.25, 0.3) is 5.52 Å². The molecule has 0 bridgehead atoms. The summed E-state index contributed by atoms with van der Waals surface area (Å²) in [6.45, 7) is 8.31. The molecule has 1 atom stereocenters. The van der Waals surface area contributed by atoms with E-state index in [0.717, 1.165) is 60.2 Å². The molecule has 2 aliphatic heterocycles. The highest BCUT2D eigenvalue weighted by atomic mass is 16.5. The van der Waals surface area contributed by atoms with Gasteiger partial charge in [-0.05, 0) is 61.4 Å². The Kier molecular flexibility index (Phi) is 5.77. The fourth-order valence-electron chi connectivity index (χ4n) is 5.37. The molecule has 1 saturated heterocycles. The number of aliphatic imine (C=N–C) groups is 1. The predicted octanol–water partition coefficient (Wildman–Crippen LogP) is 4.94. The fraction of sp³-hybridized carbons (Fsp3) is 0.276. The number of fused-ring (bicyclic) bond motifs is 3. The molecule has 4 heterocycles. The molecule has 2 aliphatic rings. The van der Waals surface area contributed by atoms with E-state index in [1.807, 2.05) is 6.21 Å². The number of piperazine rings is 1. The summed E-state index contributed by atoms with van der Waals surface area (Å²) in [5.74, 6) is 1.91. The summed E-state index contributed by atoms with van der Waals surface area (Å²) in [4.78, 5) is 9.70. The molecule has 4 aromatic rings. The van der Waals surface area contributed by atoms with Crippen LogP contribution in [0.15, 0.2) is 71.9 Å². The van der Waals surface area contributed by atoms with Crippen LogP contribution in [0.3, 0.4) is 0 Å². The van der Waals surface area contributed by atoms with Crippen molar-refractivity contribution in [2.75, 3.05) is 48.4 Å². The van der Waals surface area contributed by atoms with Crippen molar-refractivity contribution in [2.24, 2.45) is 4.99 Å². The molecule has 0 aliphatic carbocycles. The summed E-state index contributed by atoms with van der Waals surface area (Å²) in [5, 5.41) is 7.11. The number of nitrogens with zero attached hydrogens (tertiary/aromatic N) is 4. The van der Waals surface area contributed by atoms with E-state index in [-0.39, 0.29) is 6.29 Å². The number of hydrogen-bond acceptors (Lipinski definition) is 6. The van der Waals surface area contributed by atoms with E-state index in [9.17, 15) is 0 Å². The van der Waals surface area contributed by atoms with Crippen molar-refractivity contribution in [3.05, 3.63) is 83.6 Å². The number of para-hydroxylation sites is 1. The Labute approximate surface area is 212 Å². The number of ether oxygens (including phenoxy) is 1. The number of anilines is 4. The average molecular weight is 481 g/mol. The first kappa shape index (κ1) is 22.5. The van der Waals surface area contributed by atoms with E-state index in [0.29, 0.717) is 0 Å². The minimum absolute atomic E-state index is 0.343. The Balaban J connectivity index is 1.44. The SMILES string of the molecule is COc1cc(N2CCNCC2)ccc1NC1N=Cc2ccc3cccn3c2N1c1c(C)cccc1C. The second-order valence-corrected chi connectivity index (χ2v) is 9.44. The van der Waals surface area contributed by atoms with E-state index in [1.165, 1.54) is 16.8 Å². The topological polar surface area (TPSA) is 56.5 Å². The minimum atomic E-state index is -0.343. The van der Waals surface area contributed by atoms with Gasteiger partial charge in [0.15, 0.2) is 0 Å². The van der Waals surface area contributed by atoms with Crippen molar-refractivity contribution in [1.29, 1.82) is 0 Å². The fourth-order valence-corrected chi connectivity index (χ4v) is 5.37. The van der Waals surface area contributed by atoms with Crippen LogP contribution in [-0.4, -0.2) is 50.2 Å². The molecule has 184 valence electrons. The second-order valence-electron chi connectivity index (χ2n) is 9.44. The van der Waals surface area contributed by atoms with Crippen molar-refractivity contribution in [2.45, 2.75) is 20.1 Å². The normalized spacial score (nSPS) is 17.4. The second kappa shape index (κ2) is 9.24. The largest absolute Gasteiger partial charge is 0.495 e. The summed E-state index contributed by atoms with van der Waals surface area (Å²) in [6, 6.07) is 21.4. The monoisotopic (exact) mass is 480 g/mol. The van der Waals surface area contributed by atoms with Crippen molar-refractivity contribution < 1.29 is 4.74 Å². The number of methoxy groups -OCH3 is 1. The van der Waals surface area contributed by atoms with Crippen molar-refractivity contribution >= 4 is 34.6 Å². The first-order chi connectivity index (χ1) is 17.6. The van der Waals surface area contributed by atoms with Gasteiger partial charge in [-0.1, -0.05) is 18.2 Å². The number of nitrogens with one attached hydrogen (secondary N) is 2. The first-order valence-corrected chi connectivity index (χ1v) is 12.5. The van der Waals surface area contributed by atoms with Gasteiger partial charge in [-0.15, -0.1) is 0 Å². The van der Waals surface area contributed by atoms with Gasteiger partial charge >= 0.3 is 0 Å². The quantitative estimate of drug-likeness (QED) is 0.424. The van der Waals surface area contributed by atoms with Crippen LogP contribution >= 0.6 is 0 Å². The number of hydrogen-bond donors (Lipinski definition) is 2. The molecule has 2 N–H and O–H groups in total. The lowest BCUT2D eigenvalue weighted by molar-refractivity contribution is 0.415. The van der Waals surface area contributed by atoms with Crippen LogP contribution < -0.4 is 25.2 Å². The highest BCUT2D eigenvalue weighted by molar-refractivity contribution is 5.93. The van der Waals surface area contributed by atoms with Gasteiger partial charge < -0.3 is 24.7 Å². The van der Waals surface area contributed by atoms with Gasteiger partial charge in [0, 0.05) is 61.4 Å². The predicted molar refractivity (Wildman–Crippen MR) is 149 cm³/mol. The third kappa shape index (κ3) is 3.85. The Morgan fingerprint density at radius 3 is 2.56 bits per heavy atom. The molecule has 7 heteroatoms. The van der Waals surface area contributed by atoms with Crippen molar-refractivity contribution in [1.82, 2.24) is 9.72 Å². The van der Waals surface area contributed by atoms with Gasteiger partial charge in [-0.3, -0.25) is 4.90 Å². The third-order valence-electron chi connectivity index (χ3n) is 7.16. The molecule has 0 amide bonds. The standard InChI is InChI=1S/C29H32N6O/c1-20-6-4-7-21(2)27(20)35-28-22(9-10-23-8-5-15-34(23)28)19-31-29(35)32-25-12-11-24(18-26(25)36-3)33-16-13-30-14-17-33/h4-12,15,18-19,29-30,32H,13-14,16-17H2,1-3H3. The Morgan fingerprint density at radius 1 is 0.972 bits per heavy atom. The number of aryl methyl sites for hydroxylation is 2. The molecule has 6 rings (SSSR count). The Hall–Kier alpha value is -3.97. The van der Waals surface area contributed by atoms with E-state index in [1.54, 1.807) is 7.11 Å². The van der Waals surface area contributed by atoms with E-state index in [4.69, 9.17) is 9.73 Å². The lowest BCUT2D eigenvalue weighted by Gasteiger charge is -2.38. The molecular weight excluding hydrogens is 448 g/mol. The van der Waals surface area contributed by atoms with Crippen molar-refractivity contribution in [3.63, 3.8) is 0 Å². The molecule has 1 fully saturated rings. The van der Waals surface area contributed by atoms with Gasteiger partial charge in [0.05, 0.1) is 18.5 Å². The Bertz CT molecular complexity index is 1410. The zero-order valence-electron chi connectivity index (χ0n) is 21.0. The molecular formula is C29H32N6O. The zero-order chi connectivity index (χ0) is 24.6. The van der Waals surface area contributed by atoms with Crippen LogP contribution in [0.1, 0.15) is 16.7 Å². The molecule has 0 spiro atoms. The summed E-state index contributed by atoms with van der Waals surface area (Å²) < 4.78 is 8.10. The van der Waals surface area contributed by atoms with Crippen molar-refractivity contribution in [3.8, 4) is 5.75 Å². The lowest BCUT2D eigenvalue weighted by atomic mass is 10.1. The number of benzene rings is 2. The molecule has 36 heavy (non-hydrogen) atoms. The first-order valence-electron chi connectivity index (χ1n) is 12.5. The van der Waals surface area contributed by atoms with Gasteiger partial charge in [0.2, 0.25) is 6.29 Å². The van der Waals surface area contributed by atoms with Gasteiger partial charge in [-0.25, -0.2) is 4.99 Å². The van der Waals surface area contributed by atoms with Crippen LogP contribution in [0.2, 0.25) is 0 Å². The summed E-state index contributed by atoms with van der Waals surface area (Å²) in [7, 11) is 1.73. The van der Waals surface area contributed by atoms with Crippen LogP contribution in [0.5, 0.6) is 5.75 Å². The van der Waals surface area contributed by atoms with Gasteiger partial charge in [0.25, 0.3) is 0 Å². The smallest absolute Gasteiger partial charge is 0.202 e. The zero-order valence-corrected chi connectivity index (χ0v) is 21.0. The van der Waals surface area contributed by atoms with E-state index in [2.05, 4.69) is 106 Å². The third-order valence-corrected chi connectivity index (χ3v) is 7.16. The number of pyridine rings is 1. The molecule has 0 radical (unpaired) electrons. The minimum Gasteiger partial charge on any atom is -0.495 e. The number of aromatic nitrogens is 1. The Morgan fingerprint density at radius 2 is 1.78 bits per heavy atom. The molecule has 2 aromatic heterocycles. The highest BCUT2D eigenvalue weighted by Gasteiger charge is 2.30. The summed E-state index contributed by atoms with van der Waals surface area (Å²) >= 11 is 0.